The first-order valence-corrected chi connectivity index (χ1v) is 9.50. The second-order valence-electron chi connectivity index (χ2n) is 6.35. The van der Waals surface area contributed by atoms with Crippen LogP contribution < -0.4 is 20.1 Å². The standard InChI is InChI=1S/C18H23BrN6O3/c1-27-14-11(3-4-12(26)15(14)28-2)9-24-5-7-25(8-6-24)18-13(16(19)20)17(21)22-10-23-18/h3-4,10,20,26H,5-9H2,1-2H3,(H2,21,22,23). The Kier molecular flexibility index (Phi) is 6.20. The number of nitrogens with one attached hydrogen (secondary N) is 1. The highest BCUT2D eigenvalue weighted by Gasteiger charge is 2.24. The van der Waals surface area contributed by atoms with Gasteiger partial charge in [-0.2, -0.15) is 0 Å². The van der Waals surface area contributed by atoms with Crippen LogP contribution >= 0.6 is 15.9 Å². The van der Waals surface area contributed by atoms with Crippen molar-refractivity contribution in [3.63, 3.8) is 0 Å². The largest absolute Gasteiger partial charge is 0.504 e. The normalized spacial score (nSPS) is 14.8. The monoisotopic (exact) mass is 450 g/mol. The van der Waals surface area contributed by atoms with Gasteiger partial charge in [-0.15, -0.1) is 0 Å². The van der Waals surface area contributed by atoms with E-state index in [9.17, 15) is 5.11 Å². The molecule has 0 saturated carbocycles. The summed E-state index contributed by atoms with van der Waals surface area (Å²) in [5.41, 5.74) is 7.38. The van der Waals surface area contributed by atoms with Crippen LogP contribution in [0.1, 0.15) is 11.1 Å². The first kappa shape index (κ1) is 20.2. The van der Waals surface area contributed by atoms with Crippen LogP contribution in [-0.4, -0.2) is 65.0 Å². The number of hydrogen-bond donors (Lipinski definition) is 3. The van der Waals surface area contributed by atoms with Crippen LogP contribution in [-0.2, 0) is 6.54 Å². The number of rotatable bonds is 6. The van der Waals surface area contributed by atoms with Crippen molar-refractivity contribution in [1.29, 1.82) is 5.41 Å². The number of hydrogen-bond acceptors (Lipinski definition) is 9. The summed E-state index contributed by atoms with van der Waals surface area (Å²) in [4.78, 5) is 12.7. The van der Waals surface area contributed by atoms with Crippen molar-refractivity contribution in [3.8, 4) is 17.2 Å². The van der Waals surface area contributed by atoms with Crippen molar-refractivity contribution < 1.29 is 14.6 Å². The molecule has 1 aromatic carbocycles. The Morgan fingerprint density at radius 3 is 2.46 bits per heavy atom. The Labute approximate surface area is 171 Å². The predicted octanol–water partition coefficient (Wildman–Crippen LogP) is 1.82. The van der Waals surface area contributed by atoms with Crippen LogP contribution in [0.2, 0.25) is 0 Å². The Hall–Kier alpha value is -2.59. The number of benzene rings is 1. The maximum Gasteiger partial charge on any atom is 0.203 e. The number of aromatic hydroxyl groups is 1. The number of ether oxygens (including phenoxy) is 2. The number of anilines is 2. The molecule has 10 heteroatoms. The number of phenols is 1. The second kappa shape index (κ2) is 8.61. The van der Waals surface area contributed by atoms with Gasteiger partial charge in [-0.3, -0.25) is 10.3 Å². The molecular formula is C18H23BrN6O3. The smallest absolute Gasteiger partial charge is 0.203 e. The third-order valence-corrected chi connectivity index (χ3v) is 5.12. The van der Waals surface area contributed by atoms with E-state index >= 15 is 0 Å². The van der Waals surface area contributed by atoms with Gasteiger partial charge >= 0.3 is 0 Å². The molecule has 2 aromatic rings. The van der Waals surface area contributed by atoms with Gasteiger partial charge in [0.25, 0.3) is 0 Å². The Balaban J connectivity index is 1.72. The van der Waals surface area contributed by atoms with Crippen LogP contribution in [0.5, 0.6) is 17.2 Å². The molecule has 150 valence electrons. The maximum atomic E-state index is 9.94. The van der Waals surface area contributed by atoms with Crippen LogP contribution in [0.15, 0.2) is 18.5 Å². The number of nitrogens with zero attached hydrogens (tertiary/aromatic N) is 4. The van der Waals surface area contributed by atoms with Crippen LogP contribution in [0.3, 0.4) is 0 Å². The molecule has 28 heavy (non-hydrogen) atoms. The summed E-state index contributed by atoms with van der Waals surface area (Å²) in [6.45, 7) is 3.74. The van der Waals surface area contributed by atoms with E-state index in [0.717, 1.165) is 31.7 Å². The highest BCUT2D eigenvalue weighted by molar-refractivity contribution is 9.18. The molecule has 0 atom stereocenters. The van der Waals surface area contributed by atoms with E-state index in [1.807, 2.05) is 6.07 Å². The highest BCUT2D eigenvalue weighted by Crippen LogP contribution is 2.39. The fourth-order valence-corrected chi connectivity index (χ4v) is 3.72. The Morgan fingerprint density at radius 2 is 1.86 bits per heavy atom. The van der Waals surface area contributed by atoms with Gasteiger partial charge in [0.2, 0.25) is 5.75 Å². The molecule has 3 rings (SSSR count). The molecule has 1 aliphatic rings. The van der Waals surface area contributed by atoms with Gasteiger partial charge in [-0.25, -0.2) is 9.97 Å². The van der Waals surface area contributed by atoms with E-state index in [0.29, 0.717) is 29.4 Å². The van der Waals surface area contributed by atoms with E-state index in [1.54, 1.807) is 13.2 Å². The van der Waals surface area contributed by atoms with Crippen molar-refractivity contribution in [2.45, 2.75) is 6.54 Å². The molecule has 0 bridgehead atoms. The minimum atomic E-state index is 0.0546. The molecule has 1 fully saturated rings. The van der Waals surface area contributed by atoms with E-state index in [2.05, 4.69) is 35.7 Å². The summed E-state index contributed by atoms with van der Waals surface area (Å²) in [5, 5.41) is 17.8. The fraction of sp³-hybridized carbons (Fsp3) is 0.389. The first-order valence-electron chi connectivity index (χ1n) is 8.71. The zero-order chi connectivity index (χ0) is 20.3. The number of piperazine rings is 1. The molecule has 1 aliphatic heterocycles. The molecule has 9 nitrogen and oxygen atoms in total. The maximum absolute atomic E-state index is 9.94. The number of methoxy groups -OCH3 is 2. The SMILES string of the molecule is COc1c(O)ccc(CN2CCN(c3ncnc(N)c3C(=N)Br)CC2)c1OC. The summed E-state index contributed by atoms with van der Waals surface area (Å²) < 4.78 is 10.9. The van der Waals surface area contributed by atoms with Crippen LogP contribution in [0.25, 0.3) is 0 Å². The van der Waals surface area contributed by atoms with Gasteiger partial charge in [0.15, 0.2) is 11.5 Å². The van der Waals surface area contributed by atoms with Gasteiger partial charge in [0.05, 0.1) is 19.8 Å². The molecule has 4 N–H and O–H groups in total. The van der Waals surface area contributed by atoms with Crippen molar-refractivity contribution in [3.05, 3.63) is 29.6 Å². The van der Waals surface area contributed by atoms with E-state index in [4.69, 9.17) is 20.6 Å². The van der Waals surface area contributed by atoms with Gasteiger partial charge in [0.1, 0.15) is 22.6 Å². The zero-order valence-corrected chi connectivity index (χ0v) is 17.4. The molecule has 2 heterocycles. The van der Waals surface area contributed by atoms with Crippen LogP contribution in [0.4, 0.5) is 11.6 Å². The zero-order valence-electron chi connectivity index (χ0n) is 15.8. The molecule has 0 amide bonds. The van der Waals surface area contributed by atoms with Gasteiger partial charge in [-0.1, -0.05) is 6.07 Å². The van der Waals surface area contributed by atoms with Crippen molar-refractivity contribution in [2.75, 3.05) is 51.0 Å². The molecule has 1 aromatic heterocycles. The highest BCUT2D eigenvalue weighted by atomic mass is 79.9. The number of aromatic nitrogens is 2. The summed E-state index contributed by atoms with van der Waals surface area (Å²) in [7, 11) is 3.07. The van der Waals surface area contributed by atoms with E-state index in [1.165, 1.54) is 13.4 Å². The fourth-order valence-electron chi connectivity index (χ4n) is 3.34. The van der Waals surface area contributed by atoms with Crippen molar-refractivity contribution >= 4 is 32.2 Å². The van der Waals surface area contributed by atoms with Crippen molar-refractivity contribution in [2.24, 2.45) is 0 Å². The van der Waals surface area contributed by atoms with Gasteiger partial charge < -0.3 is 25.2 Å². The molecule has 1 saturated heterocycles. The number of halogens is 1. The molecule has 0 unspecified atom stereocenters. The first-order chi connectivity index (χ1) is 13.5. The second-order valence-corrected chi connectivity index (χ2v) is 7.14. The molecule has 0 spiro atoms. The van der Waals surface area contributed by atoms with Crippen LogP contribution in [0, 0.1) is 5.41 Å². The lowest BCUT2D eigenvalue weighted by molar-refractivity contribution is 0.243. The topological polar surface area (TPSA) is 121 Å². The number of nitrogens with two attached hydrogens (primary N) is 1. The minimum Gasteiger partial charge on any atom is -0.504 e. The van der Waals surface area contributed by atoms with E-state index < -0.39 is 0 Å². The average Bonchev–Trinajstić information content (AvgIpc) is 2.69. The molecular weight excluding hydrogens is 428 g/mol. The van der Waals surface area contributed by atoms with E-state index in [-0.39, 0.29) is 16.2 Å². The van der Waals surface area contributed by atoms with Crippen molar-refractivity contribution in [1.82, 2.24) is 14.9 Å². The molecule has 0 radical (unpaired) electrons. The predicted molar refractivity (Wildman–Crippen MR) is 111 cm³/mol. The number of nitrogen functional groups attached to an aromatic ring is 1. The summed E-state index contributed by atoms with van der Waals surface area (Å²) in [6.07, 6.45) is 1.42. The summed E-state index contributed by atoms with van der Waals surface area (Å²) in [6, 6.07) is 3.46. The lowest BCUT2D eigenvalue weighted by Gasteiger charge is -2.36. The van der Waals surface area contributed by atoms with Gasteiger partial charge in [0, 0.05) is 38.3 Å². The summed E-state index contributed by atoms with van der Waals surface area (Å²) >= 11 is 3.18. The quantitative estimate of drug-likeness (QED) is 0.569. The third kappa shape index (κ3) is 3.97. The lowest BCUT2D eigenvalue weighted by atomic mass is 10.1. The average molecular weight is 451 g/mol. The molecule has 0 aliphatic carbocycles. The third-order valence-electron chi connectivity index (χ3n) is 4.72. The lowest BCUT2D eigenvalue weighted by Crippen LogP contribution is -2.46. The van der Waals surface area contributed by atoms with Gasteiger partial charge in [-0.05, 0) is 22.0 Å². The Bertz CT molecular complexity index is 871. The Morgan fingerprint density at radius 1 is 1.18 bits per heavy atom. The minimum absolute atomic E-state index is 0.0546. The summed E-state index contributed by atoms with van der Waals surface area (Å²) in [5.74, 6) is 1.89. The number of phenolic OH excluding ortho intramolecular Hbond substituents is 1.